The number of methoxy groups -OCH3 is 1. The number of aliphatic imine (C=N–C) groups is 1. The number of anilines is 3. The van der Waals surface area contributed by atoms with Crippen LogP contribution in [0.15, 0.2) is 23.2 Å². The maximum Gasteiger partial charge on any atom is 0.272 e. The number of fused-ring (bicyclic) bond motifs is 1. The number of halogens is 2. The van der Waals surface area contributed by atoms with E-state index in [2.05, 4.69) is 20.6 Å². The van der Waals surface area contributed by atoms with Crippen LogP contribution in [0.2, 0.25) is 0 Å². The molecule has 0 aliphatic carbocycles. The van der Waals surface area contributed by atoms with Crippen LogP contribution in [-0.2, 0) is 0 Å². The van der Waals surface area contributed by atoms with Crippen molar-refractivity contribution in [2.75, 3.05) is 30.5 Å². The van der Waals surface area contributed by atoms with Crippen molar-refractivity contribution in [1.82, 2.24) is 10.3 Å². The monoisotopic (exact) mass is 414 g/mol. The number of pyridine rings is 1. The van der Waals surface area contributed by atoms with Crippen LogP contribution in [0.1, 0.15) is 22.7 Å². The lowest BCUT2D eigenvalue weighted by atomic mass is 9.94. The predicted molar refractivity (Wildman–Crippen MR) is 104 cm³/mol. The molecule has 0 fully saturated rings. The normalized spacial score (nSPS) is 14.6. The summed E-state index contributed by atoms with van der Waals surface area (Å²) in [6.45, 7) is -0.878. The number of aromatic nitrogens is 1. The van der Waals surface area contributed by atoms with Crippen molar-refractivity contribution >= 4 is 23.3 Å². The van der Waals surface area contributed by atoms with Gasteiger partial charge in [0.05, 0.1) is 12.8 Å². The topological polar surface area (TPSA) is 167 Å². The molecule has 0 saturated carbocycles. The Morgan fingerprint density at radius 2 is 2.10 bits per heavy atom. The van der Waals surface area contributed by atoms with Gasteiger partial charge >= 0.3 is 0 Å². The van der Waals surface area contributed by atoms with Gasteiger partial charge in [-0.05, 0) is 6.07 Å². The fourth-order valence-electron chi connectivity index (χ4n) is 3.02. The van der Waals surface area contributed by atoms with Crippen LogP contribution in [0.3, 0.4) is 0 Å². The van der Waals surface area contributed by atoms with E-state index in [1.165, 1.54) is 13.2 Å². The molecule has 1 aromatic heterocycles. The summed E-state index contributed by atoms with van der Waals surface area (Å²) < 4.78 is 36.2. The van der Waals surface area contributed by atoms with E-state index in [-0.39, 0.29) is 45.9 Å². The minimum Gasteiger partial charge on any atom is -0.493 e. The number of nitrogens with zero attached hydrogens (tertiary/aromatic N) is 4. The summed E-state index contributed by atoms with van der Waals surface area (Å²) in [5.74, 6) is 0.282. The highest BCUT2D eigenvalue weighted by Gasteiger charge is 2.32. The Kier molecular flexibility index (Phi) is 5.69. The molecule has 1 aliphatic rings. The Morgan fingerprint density at radius 1 is 1.33 bits per heavy atom. The molecule has 1 aliphatic heterocycles. The van der Waals surface area contributed by atoms with Crippen LogP contribution in [0.4, 0.5) is 26.1 Å². The average molecular weight is 414 g/mol. The molecule has 1 atom stereocenters. The summed E-state index contributed by atoms with van der Waals surface area (Å²) >= 11 is 0. The number of nitrogen functional groups attached to an aromatic ring is 2. The zero-order chi connectivity index (χ0) is 21.8. The van der Waals surface area contributed by atoms with Crippen LogP contribution in [0, 0.1) is 22.8 Å². The van der Waals surface area contributed by atoms with E-state index in [1.54, 1.807) is 18.3 Å². The van der Waals surface area contributed by atoms with Gasteiger partial charge in [-0.3, -0.25) is 5.32 Å². The largest absolute Gasteiger partial charge is 0.493 e. The molecule has 0 radical (unpaired) electrons. The Bertz CT molecular complexity index is 1090. The molecule has 154 valence electrons. The minimum absolute atomic E-state index is 0.0138. The second-order valence-corrected chi connectivity index (χ2v) is 5.98. The van der Waals surface area contributed by atoms with Crippen LogP contribution >= 0.6 is 0 Å². The Balaban J connectivity index is 2.26. The summed E-state index contributed by atoms with van der Waals surface area (Å²) in [4.78, 5) is 8.53. The second-order valence-electron chi connectivity index (χ2n) is 5.98. The maximum atomic E-state index is 12.8. The van der Waals surface area contributed by atoms with Gasteiger partial charge in [-0.25, -0.2) is 18.8 Å². The molecule has 0 bridgehead atoms. The van der Waals surface area contributed by atoms with Crippen molar-refractivity contribution in [3.8, 4) is 23.8 Å². The quantitative estimate of drug-likeness (QED) is 0.420. The van der Waals surface area contributed by atoms with E-state index in [1.807, 2.05) is 6.07 Å². The number of ether oxygens (including phenoxy) is 2. The van der Waals surface area contributed by atoms with E-state index < -0.39 is 19.1 Å². The van der Waals surface area contributed by atoms with Gasteiger partial charge in [0.1, 0.15) is 35.9 Å². The highest BCUT2D eigenvalue weighted by Crippen LogP contribution is 2.45. The Morgan fingerprint density at radius 3 is 2.73 bits per heavy atom. The summed E-state index contributed by atoms with van der Waals surface area (Å²) in [7, 11) is 1.36. The number of rotatable bonds is 5. The molecule has 10 nitrogen and oxygen atoms in total. The number of alkyl halides is 2. The van der Waals surface area contributed by atoms with E-state index >= 15 is 0 Å². The molecule has 0 amide bonds. The van der Waals surface area contributed by atoms with Crippen molar-refractivity contribution in [1.29, 1.82) is 10.5 Å². The van der Waals surface area contributed by atoms with Gasteiger partial charge in [0, 0.05) is 11.1 Å². The van der Waals surface area contributed by atoms with Crippen LogP contribution < -0.4 is 31.6 Å². The van der Waals surface area contributed by atoms with Crippen LogP contribution in [0.25, 0.3) is 0 Å². The van der Waals surface area contributed by atoms with Crippen LogP contribution in [0.5, 0.6) is 11.5 Å². The summed E-state index contributed by atoms with van der Waals surface area (Å²) in [6.07, 6.45) is -0.995. The van der Waals surface area contributed by atoms with Crippen molar-refractivity contribution < 1.29 is 18.3 Å². The lowest BCUT2D eigenvalue weighted by molar-refractivity contribution is 0.0798. The van der Waals surface area contributed by atoms with E-state index in [4.69, 9.17) is 26.2 Å². The molecule has 2 heterocycles. The molecule has 0 spiro atoms. The first kappa shape index (κ1) is 20.4. The highest BCUT2D eigenvalue weighted by atomic mass is 19.3. The summed E-state index contributed by atoms with van der Waals surface area (Å²) in [5.41, 5.74) is 12.5. The standard InChI is InChI=1S/C18H16F2N8O2/c1-29-10-4-2-3-8(15(10)30-6-11(19)20)14-12-13(23)9(5-21)16(24)27-17(12)28-18(26-14)25-7-22/h2-4,11,14H,6H2,1H3,(H6,23,24,25,26,27,28). The third-order valence-corrected chi connectivity index (χ3v) is 4.24. The maximum absolute atomic E-state index is 12.8. The van der Waals surface area contributed by atoms with Crippen molar-refractivity contribution in [2.45, 2.75) is 12.5 Å². The van der Waals surface area contributed by atoms with Crippen molar-refractivity contribution in [2.24, 2.45) is 4.99 Å². The van der Waals surface area contributed by atoms with Crippen molar-refractivity contribution in [3.63, 3.8) is 0 Å². The molecule has 2 aromatic rings. The van der Waals surface area contributed by atoms with E-state index in [0.717, 1.165) is 0 Å². The first-order valence-corrected chi connectivity index (χ1v) is 8.47. The Labute approximate surface area is 169 Å². The zero-order valence-electron chi connectivity index (χ0n) is 15.6. The molecular weight excluding hydrogens is 398 g/mol. The third kappa shape index (κ3) is 3.66. The van der Waals surface area contributed by atoms with Gasteiger partial charge in [0.15, 0.2) is 17.7 Å². The number of hydrogen-bond donors (Lipinski definition) is 4. The predicted octanol–water partition coefficient (Wildman–Crippen LogP) is 1.71. The molecule has 6 N–H and O–H groups in total. The second kappa shape index (κ2) is 8.36. The first-order valence-electron chi connectivity index (χ1n) is 8.47. The lowest BCUT2D eigenvalue weighted by Crippen LogP contribution is -2.33. The molecule has 30 heavy (non-hydrogen) atoms. The number of nitrogens with two attached hydrogens (primary N) is 2. The molecule has 1 aromatic carbocycles. The number of benzene rings is 1. The first-order chi connectivity index (χ1) is 14.4. The number of hydrogen-bond acceptors (Lipinski definition) is 10. The van der Waals surface area contributed by atoms with Gasteiger partial charge < -0.3 is 26.3 Å². The summed E-state index contributed by atoms with van der Waals surface area (Å²) in [6, 6.07) is 5.66. The van der Waals surface area contributed by atoms with Crippen molar-refractivity contribution in [3.05, 3.63) is 34.9 Å². The Hall–Kier alpha value is -4.32. The smallest absolute Gasteiger partial charge is 0.272 e. The van der Waals surface area contributed by atoms with E-state index in [9.17, 15) is 14.0 Å². The fourth-order valence-corrected chi connectivity index (χ4v) is 3.02. The fraction of sp³-hybridized carbons (Fsp3) is 0.222. The van der Waals surface area contributed by atoms with Crippen LogP contribution in [-0.4, -0.2) is 31.1 Å². The highest BCUT2D eigenvalue weighted by molar-refractivity contribution is 5.98. The zero-order valence-corrected chi connectivity index (χ0v) is 15.6. The summed E-state index contributed by atoms with van der Waals surface area (Å²) in [5, 5.41) is 23.5. The van der Waals surface area contributed by atoms with Gasteiger partial charge in [-0.15, -0.1) is 0 Å². The minimum atomic E-state index is -2.72. The van der Waals surface area contributed by atoms with Gasteiger partial charge in [-0.1, -0.05) is 12.1 Å². The van der Waals surface area contributed by atoms with Gasteiger partial charge in [0.2, 0.25) is 5.96 Å². The number of nitriles is 2. The lowest BCUT2D eigenvalue weighted by Gasteiger charge is -2.27. The number of nitrogens with one attached hydrogen (secondary N) is 2. The third-order valence-electron chi connectivity index (χ3n) is 4.24. The number of guanidine groups is 1. The van der Waals surface area contributed by atoms with Gasteiger partial charge in [-0.2, -0.15) is 10.5 Å². The average Bonchev–Trinajstić information content (AvgIpc) is 2.71. The molecule has 12 heteroatoms. The molecule has 3 rings (SSSR count). The SMILES string of the molecule is COc1cccc(C2N=C(NC#N)Nc3nc(N)c(C#N)c(N)c32)c1OCC(F)F. The molecule has 1 unspecified atom stereocenters. The number of para-hydroxylation sites is 1. The van der Waals surface area contributed by atoms with E-state index in [0.29, 0.717) is 5.56 Å². The van der Waals surface area contributed by atoms with Gasteiger partial charge in [0.25, 0.3) is 6.43 Å². The molecular formula is C18H16F2N8O2. The molecule has 0 saturated heterocycles.